The molecule has 0 saturated heterocycles. The van der Waals surface area contributed by atoms with Crippen molar-refractivity contribution in [1.29, 1.82) is 0 Å². The number of hydrogen-bond donors (Lipinski definition) is 1. The van der Waals surface area contributed by atoms with E-state index in [0.29, 0.717) is 5.39 Å². The van der Waals surface area contributed by atoms with Crippen LogP contribution in [0.15, 0.2) is 52.9 Å². The molecule has 7 heteroatoms. The Morgan fingerprint density at radius 1 is 1.05 bits per heavy atom. The van der Waals surface area contributed by atoms with Gasteiger partial charge in [-0.05, 0) is 11.5 Å². The molecule has 0 radical (unpaired) electrons. The number of nitrogens with one attached hydrogen (secondary N) is 1. The Labute approximate surface area is 114 Å². The number of rotatable bonds is 3. The highest BCUT2D eigenvalue weighted by Gasteiger charge is 2.18. The normalized spacial score (nSPS) is 11.6. The van der Waals surface area contributed by atoms with Gasteiger partial charge < -0.3 is 0 Å². The standard InChI is InChI=1S/C12H9N3O2S2/c16-19(17,15-12-14-13-8-18-12)11-7-3-5-9-4-1-2-6-10(9)11/h1-8H,(H,14,15). The van der Waals surface area contributed by atoms with Crippen LogP contribution in [0.5, 0.6) is 0 Å². The molecule has 0 aliphatic heterocycles. The Hall–Kier alpha value is -1.99. The second-order valence-electron chi connectivity index (χ2n) is 3.83. The molecule has 2 aromatic carbocycles. The highest BCUT2D eigenvalue weighted by atomic mass is 32.2. The molecule has 0 unspecified atom stereocenters. The maximum Gasteiger partial charge on any atom is 0.264 e. The number of fused-ring (bicyclic) bond motifs is 1. The first-order valence-electron chi connectivity index (χ1n) is 5.43. The second-order valence-corrected chi connectivity index (χ2v) is 6.31. The van der Waals surface area contributed by atoms with E-state index in [9.17, 15) is 8.42 Å². The van der Waals surface area contributed by atoms with Crippen molar-refractivity contribution in [3.8, 4) is 0 Å². The van der Waals surface area contributed by atoms with Gasteiger partial charge in [-0.3, -0.25) is 4.72 Å². The molecule has 19 heavy (non-hydrogen) atoms. The first-order chi connectivity index (χ1) is 9.17. The van der Waals surface area contributed by atoms with E-state index in [1.807, 2.05) is 24.3 Å². The van der Waals surface area contributed by atoms with Crippen LogP contribution in [0.3, 0.4) is 0 Å². The SMILES string of the molecule is O=S(=O)(Nc1nncs1)c1cccc2ccccc12. The van der Waals surface area contributed by atoms with Crippen LogP contribution < -0.4 is 4.72 Å². The van der Waals surface area contributed by atoms with Gasteiger partial charge in [0.15, 0.2) is 0 Å². The monoisotopic (exact) mass is 291 g/mol. The zero-order chi connectivity index (χ0) is 13.3. The number of nitrogens with zero attached hydrogens (tertiary/aromatic N) is 2. The lowest BCUT2D eigenvalue weighted by Gasteiger charge is -2.07. The quantitative estimate of drug-likeness (QED) is 0.804. The summed E-state index contributed by atoms with van der Waals surface area (Å²) in [5, 5.41) is 9.11. The van der Waals surface area contributed by atoms with Gasteiger partial charge in [-0.2, -0.15) is 0 Å². The first-order valence-corrected chi connectivity index (χ1v) is 7.80. The van der Waals surface area contributed by atoms with Crippen molar-refractivity contribution < 1.29 is 8.42 Å². The van der Waals surface area contributed by atoms with Crippen LogP contribution in [0.4, 0.5) is 5.13 Å². The summed E-state index contributed by atoms with van der Waals surface area (Å²) in [5.74, 6) is 0. The summed E-state index contributed by atoms with van der Waals surface area (Å²) >= 11 is 1.14. The summed E-state index contributed by atoms with van der Waals surface area (Å²) in [5.41, 5.74) is 1.47. The van der Waals surface area contributed by atoms with E-state index in [0.717, 1.165) is 16.7 Å². The number of hydrogen-bond acceptors (Lipinski definition) is 5. The van der Waals surface area contributed by atoms with Gasteiger partial charge in [-0.25, -0.2) is 8.42 Å². The average molecular weight is 291 g/mol. The van der Waals surface area contributed by atoms with Crippen molar-refractivity contribution in [2.75, 3.05) is 4.72 Å². The van der Waals surface area contributed by atoms with E-state index in [1.54, 1.807) is 18.2 Å². The van der Waals surface area contributed by atoms with Gasteiger partial charge in [0.2, 0.25) is 5.13 Å². The van der Waals surface area contributed by atoms with Crippen LogP contribution in [0, 0.1) is 0 Å². The van der Waals surface area contributed by atoms with Crippen molar-refractivity contribution in [3.63, 3.8) is 0 Å². The molecule has 0 bridgehead atoms. The van der Waals surface area contributed by atoms with Crippen LogP contribution in [0.2, 0.25) is 0 Å². The van der Waals surface area contributed by atoms with Gasteiger partial charge in [-0.15, -0.1) is 10.2 Å². The maximum absolute atomic E-state index is 12.3. The summed E-state index contributed by atoms with van der Waals surface area (Å²) in [7, 11) is -3.65. The molecule has 3 aromatic rings. The fraction of sp³-hybridized carbons (Fsp3) is 0. The smallest absolute Gasteiger partial charge is 0.253 e. The lowest BCUT2D eigenvalue weighted by atomic mass is 10.1. The van der Waals surface area contributed by atoms with E-state index in [2.05, 4.69) is 14.9 Å². The molecular weight excluding hydrogens is 282 g/mol. The summed E-state index contributed by atoms with van der Waals surface area (Å²) in [4.78, 5) is 0.237. The molecule has 0 saturated carbocycles. The van der Waals surface area contributed by atoms with Crippen LogP contribution in [0.25, 0.3) is 10.8 Å². The van der Waals surface area contributed by atoms with Gasteiger partial charge in [-0.1, -0.05) is 47.7 Å². The topological polar surface area (TPSA) is 72.0 Å². The Kier molecular flexibility index (Phi) is 2.92. The van der Waals surface area contributed by atoms with E-state index in [4.69, 9.17) is 0 Å². The minimum absolute atomic E-state index is 0.237. The zero-order valence-electron chi connectivity index (χ0n) is 9.65. The summed E-state index contributed by atoms with van der Waals surface area (Å²) in [6.07, 6.45) is 0. The molecule has 1 aromatic heterocycles. The van der Waals surface area contributed by atoms with Crippen LogP contribution in [-0.2, 0) is 10.0 Å². The maximum atomic E-state index is 12.3. The molecule has 3 rings (SSSR count). The number of sulfonamides is 1. The van der Waals surface area contributed by atoms with Crippen molar-refractivity contribution in [2.24, 2.45) is 0 Å². The largest absolute Gasteiger partial charge is 0.264 e. The third kappa shape index (κ3) is 2.29. The Morgan fingerprint density at radius 3 is 2.63 bits per heavy atom. The van der Waals surface area contributed by atoms with Crippen LogP contribution in [0.1, 0.15) is 0 Å². The third-order valence-electron chi connectivity index (χ3n) is 2.62. The summed E-state index contributed by atoms with van der Waals surface area (Å²) < 4.78 is 27.1. The molecule has 5 nitrogen and oxygen atoms in total. The van der Waals surface area contributed by atoms with Gasteiger partial charge >= 0.3 is 0 Å². The lowest BCUT2D eigenvalue weighted by molar-refractivity contribution is 0.602. The predicted molar refractivity (Wildman–Crippen MR) is 74.7 cm³/mol. The van der Waals surface area contributed by atoms with Gasteiger partial charge in [0.05, 0.1) is 4.90 Å². The fourth-order valence-electron chi connectivity index (χ4n) is 1.82. The molecule has 0 atom stereocenters. The van der Waals surface area contributed by atoms with Gasteiger partial charge in [0.25, 0.3) is 10.0 Å². The van der Waals surface area contributed by atoms with E-state index in [1.165, 1.54) is 5.51 Å². The molecule has 0 fully saturated rings. The molecule has 0 aliphatic rings. The highest BCUT2D eigenvalue weighted by molar-refractivity contribution is 7.93. The van der Waals surface area contributed by atoms with Gasteiger partial charge in [0.1, 0.15) is 5.51 Å². The zero-order valence-corrected chi connectivity index (χ0v) is 11.3. The highest BCUT2D eigenvalue weighted by Crippen LogP contribution is 2.24. The Morgan fingerprint density at radius 2 is 1.84 bits per heavy atom. The third-order valence-corrected chi connectivity index (χ3v) is 4.75. The molecule has 0 spiro atoms. The van der Waals surface area contributed by atoms with E-state index < -0.39 is 10.0 Å². The van der Waals surface area contributed by atoms with E-state index in [-0.39, 0.29) is 10.0 Å². The number of anilines is 1. The molecule has 1 N–H and O–H groups in total. The van der Waals surface area contributed by atoms with Crippen molar-refractivity contribution >= 4 is 37.3 Å². The van der Waals surface area contributed by atoms with Crippen LogP contribution >= 0.6 is 11.3 Å². The molecule has 1 heterocycles. The molecule has 0 amide bonds. The molecule has 0 aliphatic carbocycles. The average Bonchev–Trinajstić information content (AvgIpc) is 2.90. The molecule has 96 valence electrons. The first kappa shape index (κ1) is 12.1. The predicted octanol–water partition coefficient (Wildman–Crippen LogP) is 2.49. The minimum atomic E-state index is -3.65. The second kappa shape index (κ2) is 4.60. The van der Waals surface area contributed by atoms with Crippen LogP contribution in [-0.4, -0.2) is 18.6 Å². The van der Waals surface area contributed by atoms with Crippen molar-refractivity contribution in [2.45, 2.75) is 4.90 Å². The summed E-state index contributed by atoms with van der Waals surface area (Å²) in [6, 6.07) is 12.5. The van der Waals surface area contributed by atoms with Crippen molar-refractivity contribution in [1.82, 2.24) is 10.2 Å². The Balaban J connectivity index is 2.13. The lowest BCUT2D eigenvalue weighted by Crippen LogP contribution is -2.13. The van der Waals surface area contributed by atoms with E-state index >= 15 is 0 Å². The number of benzene rings is 2. The number of aromatic nitrogens is 2. The van der Waals surface area contributed by atoms with Crippen molar-refractivity contribution in [3.05, 3.63) is 48.0 Å². The minimum Gasteiger partial charge on any atom is -0.253 e. The summed E-state index contributed by atoms with van der Waals surface area (Å²) in [6.45, 7) is 0. The molecular formula is C12H9N3O2S2. The van der Waals surface area contributed by atoms with Gasteiger partial charge in [0, 0.05) is 5.39 Å². The Bertz CT molecular complexity index is 809. The fourth-order valence-corrected chi connectivity index (χ4v) is 3.74.